The van der Waals surface area contributed by atoms with Crippen LogP contribution in [0.2, 0.25) is 0 Å². The van der Waals surface area contributed by atoms with Crippen molar-refractivity contribution >= 4 is 11.6 Å². The largest absolute Gasteiger partial charge is 0.397 e. The molecule has 0 saturated carbocycles. The van der Waals surface area contributed by atoms with E-state index in [1.54, 1.807) is 12.3 Å². The van der Waals surface area contributed by atoms with Gasteiger partial charge in [0, 0.05) is 18.3 Å². The summed E-state index contributed by atoms with van der Waals surface area (Å²) in [6.07, 6.45) is 4.36. The van der Waals surface area contributed by atoms with Crippen LogP contribution in [0.25, 0.3) is 0 Å². The molecule has 3 N–H and O–H groups in total. The third-order valence-corrected chi connectivity index (χ3v) is 4.19. The Labute approximate surface area is 113 Å². The predicted molar refractivity (Wildman–Crippen MR) is 73.4 cm³/mol. The molecule has 3 aliphatic heterocycles. The smallest absolute Gasteiger partial charge is 0.226 e. The molecule has 19 heavy (non-hydrogen) atoms. The second-order valence-corrected chi connectivity index (χ2v) is 5.57. The van der Waals surface area contributed by atoms with Gasteiger partial charge in [0.1, 0.15) is 0 Å². The highest BCUT2D eigenvalue weighted by atomic mass is 16.1. The summed E-state index contributed by atoms with van der Waals surface area (Å²) in [7, 11) is 0. The first kappa shape index (κ1) is 12.4. The third kappa shape index (κ3) is 2.87. The minimum Gasteiger partial charge on any atom is -0.397 e. The maximum atomic E-state index is 12.0. The van der Waals surface area contributed by atoms with Crippen molar-refractivity contribution in [2.45, 2.75) is 25.3 Å². The summed E-state index contributed by atoms with van der Waals surface area (Å²) >= 11 is 0. The number of pyridine rings is 1. The molecule has 5 heteroatoms. The third-order valence-electron chi connectivity index (χ3n) is 4.19. The van der Waals surface area contributed by atoms with E-state index in [0.717, 1.165) is 12.2 Å². The van der Waals surface area contributed by atoms with Crippen LogP contribution in [-0.4, -0.2) is 41.5 Å². The fourth-order valence-electron chi connectivity index (χ4n) is 3.09. The van der Waals surface area contributed by atoms with Crippen LogP contribution in [0.15, 0.2) is 18.3 Å². The summed E-state index contributed by atoms with van der Waals surface area (Å²) in [6.45, 7) is 3.39. The Balaban J connectivity index is 1.55. The highest BCUT2D eigenvalue weighted by Crippen LogP contribution is 2.27. The zero-order chi connectivity index (χ0) is 13.2. The molecule has 0 aliphatic carbocycles. The number of anilines is 1. The molecule has 2 bridgehead atoms. The van der Waals surface area contributed by atoms with Crippen molar-refractivity contribution in [3.05, 3.63) is 24.0 Å². The number of carbonyl (C=O) groups excluding carboxylic acids is 1. The molecule has 3 saturated heterocycles. The molecule has 4 rings (SSSR count). The Hall–Kier alpha value is -1.62. The van der Waals surface area contributed by atoms with Crippen LogP contribution in [0.1, 0.15) is 18.5 Å². The minimum absolute atomic E-state index is 0.0658. The van der Waals surface area contributed by atoms with Gasteiger partial charge in [0.2, 0.25) is 5.91 Å². The number of piperidine rings is 3. The second kappa shape index (κ2) is 5.17. The first-order valence-corrected chi connectivity index (χ1v) is 6.93. The van der Waals surface area contributed by atoms with Crippen LogP contribution < -0.4 is 11.1 Å². The molecule has 3 fully saturated rings. The molecule has 4 heterocycles. The lowest BCUT2D eigenvalue weighted by Gasteiger charge is -2.44. The Morgan fingerprint density at radius 2 is 2.21 bits per heavy atom. The Kier molecular flexibility index (Phi) is 3.38. The molecule has 0 spiro atoms. The molecule has 0 aromatic carbocycles. The molecule has 1 amide bonds. The number of nitrogen functional groups attached to an aromatic ring is 1. The van der Waals surface area contributed by atoms with E-state index >= 15 is 0 Å². The van der Waals surface area contributed by atoms with Gasteiger partial charge in [-0.3, -0.25) is 9.78 Å². The van der Waals surface area contributed by atoms with E-state index in [0.29, 0.717) is 24.1 Å². The van der Waals surface area contributed by atoms with Crippen LogP contribution in [0.4, 0.5) is 5.69 Å². The van der Waals surface area contributed by atoms with E-state index in [9.17, 15) is 4.79 Å². The zero-order valence-electron chi connectivity index (χ0n) is 11.0. The molecular formula is C14H20N4O. The van der Waals surface area contributed by atoms with Gasteiger partial charge < -0.3 is 16.0 Å². The van der Waals surface area contributed by atoms with E-state index in [1.807, 2.05) is 6.07 Å². The van der Waals surface area contributed by atoms with Crippen LogP contribution in [0.5, 0.6) is 0 Å². The Morgan fingerprint density at radius 3 is 2.79 bits per heavy atom. The molecule has 1 unspecified atom stereocenters. The van der Waals surface area contributed by atoms with E-state index < -0.39 is 0 Å². The molecule has 3 aliphatic rings. The number of hydrogen-bond acceptors (Lipinski definition) is 4. The highest BCUT2D eigenvalue weighted by Gasteiger charge is 2.34. The topological polar surface area (TPSA) is 71.2 Å². The number of carbonyl (C=O) groups is 1. The number of hydrogen-bond donors (Lipinski definition) is 2. The standard InChI is InChI=1S/C14H20N4O/c15-11-1-2-12(16-8-11)7-14(19)17-13-9-18-5-3-10(13)4-6-18/h1-2,8,10,13H,3-7,9,15H2,(H,17,19). The lowest BCUT2D eigenvalue weighted by molar-refractivity contribution is -0.122. The van der Waals surface area contributed by atoms with Gasteiger partial charge in [-0.25, -0.2) is 0 Å². The van der Waals surface area contributed by atoms with Gasteiger partial charge in [-0.15, -0.1) is 0 Å². The summed E-state index contributed by atoms with van der Waals surface area (Å²) in [5.74, 6) is 0.726. The van der Waals surface area contributed by atoms with Gasteiger partial charge in [0.25, 0.3) is 0 Å². The lowest BCUT2D eigenvalue weighted by atomic mass is 9.84. The molecule has 102 valence electrons. The summed E-state index contributed by atoms with van der Waals surface area (Å²) in [5, 5.41) is 3.16. The average molecular weight is 260 g/mol. The van der Waals surface area contributed by atoms with Crippen molar-refractivity contribution in [1.29, 1.82) is 0 Å². The molecule has 1 aromatic heterocycles. The van der Waals surface area contributed by atoms with E-state index in [-0.39, 0.29) is 5.91 Å². The number of nitrogens with two attached hydrogens (primary N) is 1. The summed E-state index contributed by atoms with van der Waals surface area (Å²) in [6, 6.07) is 3.92. The van der Waals surface area contributed by atoms with Gasteiger partial charge in [-0.1, -0.05) is 0 Å². The maximum Gasteiger partial charge on any atom is 0.226 e. The van der Waals surface area contributed by atoms with Crippen molar-refractivity contribution in [3.63, 3.8) is 0 Å². The molecule has 1 atom stereocenters. The normalized spacial score (nSPS) is 29.2. The highest BCUT2D eigenvalue weighted by molar-refractivity contribution is 5.78. The van der Waals surface area contributed by atoms with Crippen LogP contribution in [0, 0.1) is 5.92 Å². The van der Waals surface area contributed by atoms with Crippen LogP contribution in [0.3, 0.4) is 0 Å². The van der Waals surface area contributed by atoms with Crippen LogP contribution in [-0.2, 0) is 11.2 Å². The summed E-state index contributed by atoms with van der Waals surface area (Å²) in [5.41, 5.74) is 6.98. The second-order valence-electron chi connectivity index (χ2n) is 5.57. The number of amides is 1. The average Bonchev–Trinajstić information content (AvgIpc) is 2.43. The first-order valence-electron chi connectivity index (χ1n) is 6.93. The van der Waals surface area contributed by atoms with Gasteiger partial charge in [0.05, 0.1) is 18.3 Å². The van der Waals surface area contributed by atoms with E-state index in [4.69, 9.17) is 5.73 Å². The lowest BCUT2D eigenvalue weighted by Crippen LogP contribution is -2.57. The number of aromatic nitrogens is 1. The number of nitrogens with zero attached hydrogens (tertiary/aromatic N) is 2. The zero-order valence-corrected chi connectivity index (χ0v) is 11.0. The van der Waals surface area contributed by atoms with Crippen molar-refractivity contribution in [2.75, 3.05) is 25.4 Å². The monoisotopic (exact) mass is 260 g/mol. The molecule has 5 nitrogen and oxygen atoms in total. The SMILES string of the molecule is Nc1ccc(CC(=O)NC2CN3CCC2CC3)nc1. The maximum absolute atomic E-state index is 12.0. The number of nitrogens with one attached hydrogen (secondary N) is 1. The van der Waals surface area contributed by atoms with Gasteiger partial charge in [-0.05, 0) is 44.0 Å². The van der Waals surface area contributed by atoms with Crippen molar-refractivity contribution in [2.24, 2.45) is 5.92 Å². The first-order chi connectivity index (χ1) is 9.20. The minimum atomic E-state index is 0.0658. The summed E-state index contributed by atoms with van der Waals surface area (Å²) in [4.78, 5) is 18.6. The Morgan fingerprint density at radius 1 is 1.42 bits per heavy atom. The fraction of sp³-hybridized carbons (Fsp3) is 0.571. The van der Waals surface area contributed by atoms with Crippen molar-refractivity contribution < 1.29 is 4.79 Å². The summed E-state index contributed by atoms with van der Waals surface area (Å²) < 4.78 is 0. The van der Waals surface area contributed by atoms with Crippen molar-refractivity contribution in [3.8, 4) is 0 Å². The molecule has 1 aromatic rings. The molecular weight excluding hydrogens is 240 g/mol. The van der Waals surface area contributed by atoms with E-state index in [2.05, 4.69) is 15.2 Å². The quantitative estimate of drug-likeness (QED) is 0.826. The van der Waals surface area contributed by atoms with Gasteiger partial charge in [-0.2, -0.15) is 0 Å². The van der Waals surface area contributed by atoms with Crippen molar-refractivity contribution in [1.82, 2.24) is 15.2 Å². The van der Waals surface area contributed by atoms with Crippen LogP contribution >= 0.6 is 0 Å². The predicted octanol–water partition coefficient (Wildman–Crippen LogP) is 0.417. The Bertz CT molecular complexity index is 451. The van der Waals surface area contributed by atoms with Gasteiger partial charge in [0.15, 0.2) is 0 Å². The van der Waals surface area contributed by atoms with Gasteiger partial charge >= 0.3 is 0 Å². The fourth-order valence-corrected chi connectivity index (χ4v) is 3.09. The number of fused-ring (bicyclic) bond motifs is 3. The molecule has 0 radical (unpaired) electrons. The number of rotatable bonds is 3. The van der Waals surface area contributed by atoms with E-state index in [1.165, 1.54) is 25.9 Å².